The highest BCUT2D eigenvalue weighted by atomic mass is 32.1. The number of nitrogen functional groups attached to an aromatic ring is 1. The zero-order valence-corrected chi connectivity index (χ0v) is 13.6. The molecular weight excluding hydrogens is 334 g/mol. The second kappa shape index (κ2) is 7.51. The van der Waals surface area contributed by atoms with E-state index in [9.17, 15) is 19.7 Å². The van der Waals surface area contributed by atoms with Gasteiger partial charge in [0.15, 0.2) is 5.13 Å². The zero-order chi connectivity index (χ0) is 17.7. The molecule has 0 spiro atoms. The predicted octanol–water partition coefficient (Wildman–Crippen LogP) is 2.62. The topological polar surface area (TPSA) is 140 Å². The Morgan fingerprint density at radius 1 is 1.38 bits per heavy atom. The third kappa shape index (κ3) is 4.04. The van der Waals surface area contributed by atoms with E-state index in [2.05, 4.69) is 15.6 Å². The molecule has 10 heteroatoms. The van der Waals surface area contributed by atoms with Crippen molar-refractivity contribution in [2.75, 3.05) is 16.4 Å². The van der Waals surface area contributed by atoms with Gasteiger partial charge in [0, 0.05) is 6.42 Å². The van der Waals surface area contributed by atoms with Crippen molar-refractivity contribution in [2.45, 2.75) is 19.8 Å². The van der Waals surface area contributed by atoms with Gasteiger partial charge >= 0.3 is 5.00 Å². The Kier molecular flexibility index (Phi) is 5.42. The SMILES string of the molecule is CCCC(=O)Nc1cccc(C(=O)Nc2ncc([N+](=O)[O-])s2)c1N. The number of anilines is 3. The highest BCUT2D eigenvalue weighted by Crippen LogP contribution is 2.27. The second-order valence-corrected chi connectivity index (χ2v) is 5.79. The molecule has 0 atom stereocenters. The Morgan fingerprint density at radius 3 is 2.75 bits per heavy atom. The number of nitrogens with one attached hydrogen (secondary N) is 2. The van der Waals surface area contributed by atoms with Crippen LogP contribution in [0.25, 0.3) is 0 Å². The maximum absolute atomic E-state index is 12.3. The van der Waals surface area contributed by atoms with Crippen LogP contribution in [0, 0.1) is 10.1 Å². The van der Waals surface area contributed by atoms with Crippen molar-refractivity contribution in [1.29, 1.82) is 0 Å². The molecule has 0 unspecified atom stereocenters. The van der Waals surface area contributed by atoms with E-state index in [-0.39, 0.29) is 27.3 Å². The Morgan fingerprint density at radius 2 is 2.12 bits per heavy atom. The fraction of sp³-hybridized carbons (Fsp3) is 0.214. The van der Waals surface area contributed by atoms with Gasteiger partial charge < -0.3 is 11.1 Å². The number of para-hydroxylation sites is 1. The first-order chi connectivity index (χ1) is 11.4. The summed E-state index contributed by atoms with van der Waals surface area (Å²) in [4.78, 5) is 37.7. The van der Waals surface area contributed by atoms with Crippen LogP contribution in [0.4, 0.5) is 21.5 Å². The van der Waals surface area contributed by atoms with Gasteiger partial charge in [0.25, 0.3) is 5.91 Å². The van der Waals surface area contributed by atoms with Crippen LogP contribution in [0.2, 0.25) is 0 Å². The number of benzene rings is 1. The summed E-state index contributed by atoms with van der Waals surface area (Å²) >= 11 is 0.739. The molecule has 4 N–H and O–H groups in total. The van der Waals surface area contributed by atoms with E-state index in [1.807, 2.05) is 6.92 Å². The number of carbonyl (C=O) groups excluding carboxylic acids is 2. The van der Waals surface area contributed by atoms with E-state index < -0.39 is 10.8 Å². The van der Waals surface area contributed by atoms with Gasteiger partial charge in [-0.1, -0.05) is 13.0 Å². The van der Waals surface area contributed by atoms with Crippen LogP contribution in [-0.4, -0.2) is 21.7 Å². The normalized spacial score (nSPS) is 10.2. The Labute approximate surface area is 141 Å². The predicted molar refractivity (Wildman–Crippen MR) is 91.1 cm³/mol. The molecule has 0 aliphatic carbocycles. The van der Waals surface area contributed by atoms with Crippen molar-refractivity contribution < 1.29 is 14.5 Å². The Balaban J connectivity index is 2.16. The minimum absolute atomic E-state index is 0.0894. The van der Waals surface area contributed by atoms with Crippen molar-refractivity contribution >= 4 is 44.7 Å². The van der Waals surface area contributed by atoms with Gasteiger partial charge in [0.05, 0.1) is 21.9 Å². The monoisotopic (exact) mass is 349 g/mol. The van der Waals surface area contributed by atoms with E-state index in [0.29, 0.717) is 18.5 Å². The molecule has 9 nitrogen and oxygen atoms in total. The number of aromatic nitrogens is 1. The molecular formula is C14H15N5O4S. The first-order valence-electron chi connectivity index (χ1n) is 7.02. The lowest BCUT2D eigenvalue weighted by Gasteiger charge is -2.11. The van der Waals surface area contributed by atoms with E-state index in [0.717, 1.165) is 17.5 Å². The van der Waals surface area contributed by atoms with Crippen molar-refractivity contribution in [1.82, 2.24) is 4.98 Å². The average molecular weight is 349 g/mol. The maximum Gasteiger partial charge on any atom is 0.345 e. The van der Waals surface area contributed by atoms with Gasteiger partial charge in [-0.2, -0.15) is 0 Å². The molecule has 0 saturated heterocycles. The molecule has 1 aromatic carbocycles. The van der Waals surface area contributed by atoms with E-state index in [4.69, 9.17) is 5.73 Å². The molecule has 1 aromatic heterocycles. The number of rotatable bonds is 6. The standard InChI is InChI=1S/C14H15N5O4S/c1-2-4-10(20)17-9-6-3-5-8(12(9)15)13(21)18-14-16-7-11(24-14)19(22)23/h3,5-7H,2,4,15H2,1H3,(H,17,20)(H,16,18,21). The molecule has 0 aliphatic heterocycles. The van der Waals surface area contributed by atoms with E-state index in [1.54, 1.807) is 12.1 Å². The lowest BCUT2D eigenvalue weighted by atomic mass is 10.1. The van der Waals surface area contributed by atoms with Gasteiger partial charge in [-0.15, -0.1) is 0 Å². The lowest BCUT2D eigenvalue weighted by Crippen LogP contribution is -2.17. The number of hydrogen-bond donors (Lipinski definition) is 3. The summed E-state index contributed by atoms with van der Waals surface area (Å²) in [5.41, 5.74) is 6.53. The van der Waals surface area contributed by atoms with E-state index >= 15 is 0 Å². The molecule has 24 heavy (non-hydrogen) atoms. The van der Waals surface area contributed by atoms with Crippen LogP contribution in [0.1, 0.15) is 30.1 Å². The number of nitrogens with two attached hydrogens (primary N) is 1. The van der Waals surface area contributed by atoms with Crippen molar-refractivity contribution in [3.8, 4) is 0 Å². The summed E-state index contributed by atoms with van der Waals surface area (Å²) < 4.78 is 0. The van der Waals surface area contributed by atoms with Crippen LogP contribution in [0.15, 0.2) is 24.4 Å². The molecule has 2 amide bonds. The highest BCUT2D eigenvalue weighted by Gasteiger charge is 2.17. The lowest BCUT2D eigenvalue weighted by molar-refractivity contribution is -0.380. The largest absolute Gasteiger partial charge is 0.396 e. The first kappa shape index (κ1) is 17.3. The summed E-state index contributed by atoms with van der Waals surface area (Å²) in [5, 5.41) is 15.6. The van der Waals surface area contributed by atoms with Crippen LogP contribution < -0.4 is 16.4 Å². The fourth-order valence-corrected chi connectivity index (χ4v) is 2.51. The smallest absolute Gasteiger partial charge is 0.345 e. The summed E-state index contributed by atoms with van der Waals surface area (Å²) in [6, 6.07) is 4.66. The number of hydrogen-bond acceptors (Lipinski definition) is 7. The number of carbonyl (C=O) groups is 2. The quantitative estimate of drug-likeness (QED) is 0.416. The Hall–Kier alpha value is -3.01. The van der Waals surface area contributed by atoms with Gasteiger partial charge in [-0.05, 0) is 29.9 Å². The third-order valence-corrected chi connectivity index (χ3v) is 3.86. The molecule has 0 fully saturated rings. The van der Waals surface area contributed by atoms with Crippen molar-refractivity contribution in [2.24, 2.45) is 0 Å². The zero-order valence-electron chi connectivity index (χ0n) is 12.7. The minimum Gasteiger partial charge on any atom is -0.396 e. The number of amides is 2. The average Bonchev–Trinajstić information content (AvgIpc) is 2.98. The maximum atomic E-state index is 12.3. The molecule has 2 rings (SSSR count). The molecule has 2 aromatic rings. The third-order valence-electron chi connectivity index (χ3n) is 3.00. The summed E-state index contributed by atoms with van der Waals surface area (Å²) in [6.07, 6.45) is 2.10. The van der Waals surface area contributed by atoms with Crippen LogP contribution in [0.5, 0.6) is 0 Å². The summed E-state index contributed by atoms with van der Waals surface area (Å²) in [6.45, 7) is 1.88. The number of nitrogens with zero attached hydrogens (tertiary/aromatic N) is 2. The molecule has 126 valence electrons. The molecule has 0 aliphatic rings. The minimum atomic E-state index is -0.592. The number of thiazole rings is 1. The van der Waals surface area contributed by atoms with Crippen molar-refractivity contribution in [3.63, 3.8) is 0 Å². The molecule has 0 radical (unpaired) electrons. The summed E-state index contributed by atoms with van der Waals surface area (Å²) in [7, 11) is 0. The van der Waals surface area contributed by atoms with Gasteiger partial charge in [0.1, 0.15) is 6.20 Å². The van der Waals surface area contributed by atoms with Gasteiger partial charge in [0.2, 0.25) is 5.91 Å². The second-order valence-electron chi connectivity index (χ2n) is 4.78. The fourth-order valence-electron chi connectivity index (χ4n) is 1.88. The van der Waals surface area contributed by atoms with Gasteiger partial charge in [-0.3, -0.25) is 25.0 Å². The van der Waals surface area contributed by atoms with Crippen LogP contribution in [0.3, 0.4) is 0 Å². The van der Waals surface area contributed by atoms with E-state index in [1.165, 1.54) is 6.07 Å². The molecule has 0 saturated carbocycles. The number of nitro groups is 1. The summed E-state index contributed by atoms with van der Waals surface area (Å²) in [5.74, 6) is -0.763. The molecule has 1 heterocycles. The Bertz CT molecular complexity index is 789. The van der Waals surface area contributed by atoms with Crippen LogP contribution >= 0.6 is 11.3 Å². The van der Waals surface area contributed by atoms with Gasteiger partial charge in [-0.25, -0.2) is 4.98 Å². The highest BCUT2D eigenvalue weighted by molar-refractivity contribution is 7.18. The first-order valence-corrected chi connectivity index (χ1v) is 7.84. The molecule has 0 bridgehead atoms. The van der Waals surface area contributed by atoms with Crippen molar-refractivity contribution in [3.05, 3.63) is 40.1 Å². The van der Waals surface area contributed by atoms with Crippen LogP contribution in [-0.2, 0) is 4.79 Å².